The molecule has 7 nitrogen and oxygen atoms in total. The second-order valence-electron chi connectivity index (χ2n) is 5.86. The zero-order valence-corrected chi connectivity index (χ0v) is 15.4. The van der Waals surface area contributed by atoms with Crippen LogP contribution in [0.1, 0.15) is 18.9 Å². The number of pyridine rings is 2. The summed E-state index contributed by atoms with van der Waals surface area (Å²) < 4.78 is 42.9. The van der Waals surface area contributed by atoms with Gasteiger partial charge in [-0.2, -0.15) is 18.3 Å². The Bertz CT molecular complexity index is 1010. The predicted molar refractivity (Wildman–Crippen MR) is 96.3 cm³/mol. The molecule has 0 atom stereocenters. The Morgan fingerprint density at radius 1 is 1.36 bits per heavy atom. The lowest BCUT2D eigenvalue weighted by molar-refractivity contribution is -0.154. The third-order valence-electron chi connectivity index (χ3n) is 3.64. The molecule has 0 saturated carbocycles. The molecular formula is C17H15ClF3N5O2. The van der Waals surface area contributed by atoms with Gasteiger partial charge in [0.1, 0.15) is 10.8 Å². The van der Waals surface area contributed by atoms with Crippen LogP contribution in [-0.4, -0.2) is 38.4 Å². The van der Waals surface area contributed by atoms with Crippen molar-refractivity contribution in [3.63, 3.8) is 0 Å². The lowest BCUT2D eigenvalue weighted by atomic mass is 10.3. The van der Waals surface area contributed by atoms with Crippen molar-refractivity contribution in [2.75, 3.05) is 11.9 Å². The van der Waals surface area contributed by atoms with Gasteiger partial charge in [0.2, 0.25) is 11.8 Å². The average molecular weight is 414 g/mol. The standard InChI is InChI=1S/C17H15ClF3N5O2/c1-2-14(27)24-15-11-8-26(25-13(11)3-4-22-15)7-10-5-12(18)16(23-6-10)28-9-17(19,20)21/h3-6,8H,2,7,9H2,1H3,(H,22,24,27). The van der Waals surface area contributed by atoms with Crippen LogP contribution in [0, 0.1) is 0 Å². The van der Waals surface area contributed by atoms with E-state index in [0.717, 1.165) is 0 Å². The summed E-state index contributed by atoms with van der Waals surface area (Å²) in [6.45, 7) is 0.530. The zero-order valence-electron chi connectivity index (χ0n) is 14.6. The Hall–Kier alpha value is -2.88. The molecule has 148 valence electrons. The van der Waals surface area contributed by atoms with Crippen LogP contribution < -0.4 is 10.1 Å². The molecule has 0 aliphatic heterocycles. The second-order valence-corrected chi connectivity index (χ2v) is 6.26. The number of amides is 1. The fourth-order valence-electron chi connectivity index (χ4n) is 2.39. The van der Waals surface area contributed by atoms with Gasteiger partial charge in [0.15, 0.2) is 6.61 Å². The summed E-state index contributed by atoms with van der Waals surface area (Å²) in [6.07, 6.45) is 0.449. The summed E-state index contributed by atoms with van der Waals surface area (Å²) in [4.78, 5) is 19.6. The van der Waals surface area contributed by atoms with Crippen molar-refractivity contribution in [3.05, 3.63) is 41.3 Å². The topological polar surface area (TPSA) is 81.9 Å². The first-order valence-corrected chi connectivity index (χ1v) is 8.59. The maximum atomic E-state index is 12.2. The predicted octanol–water partition coefficient (Wildman–Crippen LogP) is 3.82. The molecule has 0 spiro atoms. The van der Waals surface area contributed by atoms with Gasteiger partial charge in [-0.25, -0.2) is 9.97 Å². The molecule has 3 rings (SSSR count). The van der Waals surface area contributed by atoms with Crippen LogP contribution in [-0.2, 0) is 11.3 Å². The quantitative estimate of drug-likeness (QED) is 0.664. The molecule has 0 bridgehead atoms. The number of alkyl halides is 3. The largest absolute Gasteiger partial charge is 0.467 e. The number of ether oxygens (including phenoxy) is 1. The average Bonchev–Trinajstić information content (AvgIpc) is 3.03. The third kappa shape index (κ3) is 4.89. The van der Waals surface area contributed by atoms with Crippen LogP contribution >= 0.6 is 11.6 Å². The van der Waals surface area contributed by atoms with E-state index in [4.69, 9.17) is 11.6 Å². The Morgan fingerprint density at radius 2 is 2.14 bits per heavy atom. The molecule has 0 radical (unpaired) electrons. The molecular weight excluding hydrogens is 399 g/mol. The number of nitrogens with one attached hydrogen (secondary N) is 1. The van der Waals surface area contributed by atoms with Crippen molar-refractivity contribution in [1.82, 2.24) is 19.7 Å². The highest BCUT2D eigenvalue weighted by molar-refractivity contribution is 6.31. The third-order valence-corrected chi connectivity index (χ3v) is 3.91. The number of carbonyl (C=O) groups excluding carboxylic acids is 1. The number of halogens is 4. The van der Waals surface area contributed by atoms with Crippen molar-refractivity contribution in [2.24, 2.45) is 0 Å². The molecule has 1 amide bonds. The fourth-order valence-corrected chi connectivity index (χ4v) is 2.63. The van der Waals surface area contributed by atoms with Crippen molar-refractivity contribution >= 4 is 34.2 Å². The summed E-state index contributed by atoms with van der Waals surface area (Å²) in [5.41, 5.74) is 1.25. The molecule has 28 heavy (non-hydrogen) atoms. The summed E-state index contributed by atoms with van der Waals surface area (Å²) in [7, 11) is 0. The molecule has 0 saturated heterocycles. The van der Waals surface area contributed by atoms with Crippen molar-refractivity contribution in [1.29, 1.82) is 0 Å². The van der Waals surface area contributed by atoms with Gasteiger partial charge in [-0.05, 0) is 17.7 Å². The zero-order chi connectivity index (χ0) is 20.3. The monoisotopic (exact) mass is 413 g/mol. The maximum Gasteiger partial charge on any atom is 0.422 e. The minimum Gasteiger partial charge on any atom is -0.467 e. The van der Waals surface area contributed by atoms with E-state index in [1.54, 1.807) is 23.9 Å². The molecule has 3 heterocycles. The molecule has 0 fully saturated rings. The van der Waals surface area contributed by atoms with Gasteiger partial charge < -0.3 is 10.1 Å². The number of carbonyl (C=O) groups is 1. The summed E-state index contributed by atoms with van der Waals surface area (Å²) in [5.74, 6) is -0.0528. The highest BCUT2D eigenvalue weighted by Crippen LogP contribution is 2.26. The van der Waals surface area contributed by atoms with Crippen LogP contribution in [0.25, 0.3) is 10.9 Å². The van der Waals surface area contributed by atoms with Crippen LogP contribution in [0.5, 0.6) is 5.88 Å². The number of hydrogen-bond acceptors (Lipinski definition) is 5. The van der Waals surface area contributed by atoms with E-state index in [1.165, 1.54) is 18.5 Å². The molecule has 3 aromatic heterocycles. The van der Waals surface area contributed by atoms with Crippen molar-refractivity contribution in [2.45, 2.75) is 26.1 Å². The molecule has 11 heteroatoms. The first kappa shape index (κ1) is 19.9. The first-order valence-electron chi connectivity index (χ1n) is 8.21. The first-order chi connectivity index (χ1) is 13.2. The van der Waals surface area contributed by atoms with Gasteiger partial charge in [-0.1, -0.05) is 18.5 Å². The lowest BCUT2D eigenvalue weighted by Crippen LogP contribution is -2.19. The van der Waals surface area contributed by atoms with Gasteiger partial charge in [0, 0.05) is 25.0 Å². The van der Waals surface area contributed by atoms with Gasteiger partial charge in [-0.15, -0.1) is 0 Å². The van der Waals surface area contributed by atoms with Crippen molar-refractivity contribution < 1.29 is 22.7 Å². The Morgan fingerprint density at radius 3 is 2.82 bits per heavy atom. The number of nitrogens with zero attached hydrogens (tertiary/aromatic N) is 4. The van der Waals surface area contributed by atoms with Gasteiger partial charge in [-0.3, -0.25) is 9.48 Å². The molecule has 0 aliphatic rings. The van der Waals surface area contributed by atoms with E-state index in [-0.39, 0.29) is 23.4 Å². The molecule has 0 aliphatic carbocycles. The fraction of sp³-hybridized carbons (Fsp3) is 0.294. The van der Waals surface area contributed by atoms with E-state index >= 15 is 0 Å². The summed E-state index contributed by atoms with van der Waals surface area (Å²) in [6, 6.07) is 3.16. The number of anilines is 1. The van der Waals surface area contributed by atoms with Gasteiger partial charge in [0.05, 0.1) is 17.4 Å². The maximum absolute atomic E-state index is 12.2. The van der Waals surface area contributed by atoms with E-state index < -0.39 is 12.8 Å². The molecule has 1 N–H and O–H groups in total. The van der Waals surface area contributed by atoms with E-state index in [2.05, 4.69) is 25.1 Å². The number of rotatable bonds is 6. The number of fused-ring (bicyclic) bond motifs is 1. The lowest BCUT2D eigenvalue weighted by Gasteiger charge is -2.10. The summed E-state index contributed by atoms with van der Waals surface area (Å²) >= 11 is 5.96. The van der Waals surface area contributed by atoms with Crippen LogP contribution in [0.3, 0.4) is 0 Å². The smallest absolute Gasteiger partial charge is 0.422 e. The Kier molecular flexibility index (Phi) is 5.68. The SMILES string of the molecule is CCC(=O)Nc1nccc2nn(Cc3cnc(OCC(F)(F)F)c(Cl)c3)cc12. The minimum absolute atomic E-state index is 0.0315. The van der Waals surface area contributed by atoms with Crippen LogP contribution in [0.2, 0.25) is 5.02 Å². The van der Waals surface area contributed by atoms with E-state index in [9.17, 15) is 18.0 Å². The van der Waals surface area contributed by atoms with Crippen molar-refractivity contribution in [3.8, 4) is 5.88 Å². The summed E-state index contributed by atoms with van der Waals surface area (Å²) in [5, 5.41) is 7.74. The molecule has 0 aromatic carbocycles. The van der Waals surface area contributed by atoms with Crippen LogP contribution in [0.15, 0.2) is 30.7 Å². The van der Waals surface area contributed by atoms with Crippen LogP contribution in [0.4, 0.5) is 19.0 Å². The van der Waals surface area contributed by atoms with Gasteiger partial charge >= 0.3 is 6.18 Å². The normalized spacial score (nSPS) is 11.6. The van der Waals surface area contributed by atoms with E-state index in [1.807, 2.05) is 0 Å². The molecule has 3 aromatic rings. The highest BCUT2D eigenvalue weighted by Gasteiger charge is 2.29. The number of hydrogen-bond donors (Lipinski definition) is 1. The molecule has 0 unspecified atom stereocenters. The number of aromatic nitrogens is 4. The second kappa shape index (κ2) is 8.01. The minimum atomic E-state index is -4.47. The van der Waals surface area contributed by atoms with E-state index in [0.29, 0.717) is 28.7 Å². The Labute approximate surface area is 162 Å². The highest BCUT2D eigenvalue weighted by atomic mass is 35.5. The Balaban J connectivity index is 1.78. The van der Waals surface area contributed by atoms with Gasteiger partial charge in [0.25, 0.3) is 0 Å².